The Morgan fingerprint density at radius 3 is 1.79 bits per heavy atom. The van der Waals surface area contributed by atoms with Crippen molar-refractivity contribution in [3.8, 4) is 0 Å². The average molecular weight is 328 g/mol. The first kappa shape index (κ1) is 17.4. The molecule has 0 saturated heterocycles. The smallest absolute Gasteiger partial charge is 0.335 e. The molecule has 2 aromatic rings. The molecule has 6 heteroatoms. The second kappa shape index (κ2) is 6.64. The first-order chi connectivity index (χ1) is 11.2. The lowest BCUT2D eigenvalue weighted by atomic mass is 9.92. The fourth-order valence-electron chi connectivity index (χ4n) is 2.43. The van der Waals surface area contributed by atoms with Crippen molar-refractivity contribution in [3.05, 3.63) is 69.8 Å². The molecule has 2 rings (SSSR count). The van der Waals surface area contributed by atoms with Crippen LogP contribution in [-0.4, -0.2) is 33.0 Å². The number of benzene rings is 2. The largest absolute Gasteiger partial charge is 0.478 e. The molecule has 0 aliphatic heterocycles. The van der Waals surface area contributed by atoms with Crippen molar-refractivity contribution >= 4 is 17.7 Å². The number of carboxylic acids is 2. The lowest BCUT2D eigenvalue weighted by molar-refractivity contribution is 0.0684. The van der Waals surface area contributed by atoms with Gasteiger partial charge < -0.3 is 15.3 Å². The maximum absolute atomic E-state index is 12.5. The maximum atomic E-state index is 12.5. The van der Waals surface area contributed by atoms with E-state index >= 15 is 0 Å². The second-order valence-electron chi connectivity index (χ2n) is 5.41. The minimum atomic E-state index is -1.46. The third-order valence-corrected chi connectivity index (χ3v) is 4.00. The summed E-state index contributed by atoms with van der Waals surface area (Å²) in [6.07, 6.45) is -1.46. The summed E-state index contributed by atoms with van der Waals surface area (Å²) in [7, 11) is 0. The molecule has 0 aliphatic carbocycles. The monoisotopic (exact) mass is 328 g/mol. The Labute approximate surface area is 138 Å². The summed E-state index contributed by atoms with van der Waals surface area (Å²) in [4.78, 5) is 34.4. The molecule has 0 saturated carbocycles. The zero-order valence-corrected chi connectivity index (χ0v) is 13.1. The van der Waals surface area contributed by atoms with E-state index in [9.17, 15) is 19.5 Å². The molecule has 6 nitrogen and oxygen atoms in total. The van der Waals surface area contributed by atoms with Crippen LogP contribution in [0.1, 0.15) is 53.9 Å². The topological polar surface area (TPSA) is 112 Å². The highest BCUT2D eigenvalue weighted by Crippen LogP contribution is 2.24. The normalized spacial score (nSPS) is 11.8. The van der Waals surface area contributed by atoms with Crippen LogP contribution in [0.4, 0.5) is 0 Å². The number of Topliss-reactive ketones (excluding diaryl/α,β-unsaturated/α-hetero) is 1. The summed E-state index contributed by atoms with van der Waals surface area (Å²) in [5.41, 5.74) is 1.60. The molecule has 0 aliphatic rings. The van der Waals surface area contributed by atoms with Gasteiger partial charge in [-0.3, -0.25) is 4.79 Å². The third-order valence-electron chi connectivity index (χ3n) is 4.00. The van der Waals surface area contributed by atoms with E-state index in [1.165, 1.54) is 36.4 Å². The van der Waals surface area contributed by atoms with Gasteiger partial charge in [-0.25, -0.2) is 9.59 Å². The summed E-state index contributed by atoms with van der Waals surface area (Å²) < 4.78 is 0. The molecule has 1 atom stereocenters. The van der Waals surface area contributed by atoms with E-state index in [4.69, 9.17) is 10.2 Å². The highest BCUT2D eigenvalue weighted by atomic mass is 16.4. The molecular formula is C18H16O6. The quantitative estimate of drug-likeness (QED) is 0.727. The number of hydrogen-bond acceptors (Lipinski definition) is 4. The highest BCUT2D eigenvalue weighted by molar-refractivity contribution is 6.02. The van der Waals surface area contributed by atoms with Crippen LogP contribution >= 0.6 is 0 Å². The predicted octanol–water partition coefficient (Wildman–Crippen LogP) is 2.62. The van der Waals surface area contributed by atoms with Gasteiger partial charge in [0.25, 0.3) is 0 Å². The summed E-state index contributed by atoms with van der Waals surface area (Å²) in [5, 5.41) is 28.2. The third kappa shape index (κ3) is 3.18. The Balaban J connectivity index is 2.36. The van der Waals surface area contributed by atoms with Crippen LogP contribution in [0.3, 0.4) is 0 Å². The number of aliphatic hydroxyl groups excluding tert-OH is 1. The molecule has 0 spiro atoms. The summed E-state index contributed by atoms with van der Waals surface area (Å²) in [6, 6.07) is 8.07. The maximum Gasteiger partial charge on any atom is 0.335 e. The van der Waals surface area contributed by atoms with Gasteiger partial charge in [-0.1, -0.05) is 18.2 Å². The van der Waals surface area contributed by atoms with Gasteiger partial charge in [0.15, 0.2) is 5.78 Å². The summed E-state index contributed by atoms with van der Waals surface area (Å²) in [6.45, 7) is 3.22. The van der Waals surface area contributed by atoms with Gasteiger partial charge in [0.1, 0.15) is 6.10 Å². The summed E-state index contributed by atoms with van der Waals surface area (Å²) in [5.74, 6) is -2.76. The lowest BCUT2D eigenvalue weighted by Crippen LogP contribution is -2.15. The summed E-state index contributed by atoms with van der Waals surface area (Å²) >= 11 is 0. The van der Waals surface area contributed by atoms with E-state index in [0.717, 1.165) is 0 Å². The van der Waals surface area contributed by atoms with Crippen LogP contribution in [0.25, 0.3) is 0 Å². The van der Waals surface area contributed by atoms with Crippen molar-refractivity contribution in [1.29, 1.82) is 0 Å². The molecule has 124 valence electrons. The number of hydrogen-bond donors (Lipinski definition) is 3. The van der Waals surface area contributed by atoms with Gasteiger partial charge in [0, 0.05) is 5.56 Å². The first-order valence-corrected chi connectivity index (χ1v) is 7.13. The van der Waals surface area contributed by atoms with Crippen molar-refractivity contribution in [2.24, 2.45) is 0 Å². The van der Waals surface area contributed by atoms with Crippen molar-refractivity contribution in [1.82, 2.24) is 0 Å². The fraction of sp³-hybridized carbons (Fsp3) is 0.167. The van der Waals surface area contributed by atoms with Crippen molar-refractivity contribution in [2.45, 2.75) is 20.0 Å². The number of carboxylic acid groups (broad SMARTS) is 2. The number of rotatable bonds is 5. The van der Waals surface area contributed by atoms with Crippen LogP contribution in [-0.2, 0) is 0 Å². The van der Waals surface area contributed by atoms with Crippen molar-refractivity contribution in [2.75, 3.05) is 0 Å². The van der Waals surface area contributed by atoms with Crippen molar-refractivity contribution in [3.63, 3.8) is 0 Å². The van der Waals surface area contributed by atoms with Crippen molar-refractivity contribution < 1.29 is 29.7 Å². The Hall–Kier alpha value is -2.99. The van der Waals surface area contributed by atoms with Gasteiger partial charge in [-0.05, 0) is 48.7 Å². The van der Waals surface area contributed by atoms with E-state index in [1.807, 2.05) is 0 Å². The SMILES string of the molecule is Cc1c(C(=O)O)ccc(C(=O)C(O)c2ccc(C(=O)O)cc2)c1C. The Morgan fingerprint density at radius 1 is 0.792 bits per heavy atom. The molecule has 0 radical (unpaired) electrons. The molecule has 0 bridgehead atoms. The predicted molar refractivity (Wildman–Crippen MR) is 85.6 cm³/mol. The van der Waals surface area contributed by atoms with Gasteiger partial charge >= 0.3 is 11.9 Å². The molecule has 0 aromatic heterocycles. The number of aliphatic hydroxyl groups is 1. The number of carbonyl (C=O) groups is 3. The van der Waals surface area contributed by atoms with Crippen LogP contribution in [0.2, 0.25) is 0 Å². The van der Waals surface area contributed by atoms with Gasteiger partial charge in [-0.15, -0.1) is 0 Å². The van der Waals surface area contributed by atoms with Crippen LogP contribution < -0.4 is 0 Å². The zero-order chi connectivity index (χ0) is 18.0. The number of carbonyl (C=O) groups excluding carboxylic acids is 1. The molecule has 24 heavy (non-hydrogen) atoms. The molecule has 2 aromatic carbocycles. The van der Waals surface area contributed by atoms with Gasteiger partial charge in [0.05, 0.1) is 11.1 Å². The molecule has 0 amide bonds. The van der Waals surface area contributed by atoms with E-state index in [1.54, 1.807) is 13.8 Å². The molecule has 0 fully saturated rings. The second-order valence-corrected chi connectivity index (χ2v) is 5.41. The minimum absolute atomic E-state index is 0.0521. The van der Waals surface area contributed by atoms with E-state index < -0.39 is 23.8 Å². The standard InChI is InChI=1S/C18H16O6/c1-9-10(2)14(18(23)24)8-7-13(9)16(20)15(19)11-3-5-12(6-4-11)17(21)22/h3-8,15,19H,1-2H3,(H,21,22)(H,23,24). The lowest BCUT2D eigenvalue weighted by Gasteiger charge is -2.14. The molecular weight excluding hydrogens is 312 g/mol. The Morgan fingerprint density at radius 2 is 1.29 bits per heavy atom. The van der Waals surface area contributed by atoms with E-state index in [-0.39, 0.29) is 22.3 Å². The first-order valence-electron chi connectivity index (χ1n) is 7.13. The Bertz CT molecular complexity index is 820. The van der Waals surface area contributed by atoms with E-state index in [0.29, 0.717) is 11.1 Å². The van der Waals surface area contributed by atoms with Crippen LogP contribution in [0.5, 0.6) is 0 Å². The number of aromatic carboxylic acids is 2. The average Bonchev–Trinajstić information content (AvgIpc) is 2.55. The van der Waals surface area contributed by atoms with Crippen LogP contribution in [0.15, 0.2) is 36.4 Å². The highest BCUT2D eigenvalue weighted by Gasteiger charge is 2.23. The Kier molecular flexibility index (Phi) is 4.80. The number of ketones is 1. The zero-order valence-electron chi connectivity index (χ0n) is 13.1. The minimum Gasteiger partial charge on any atom is -0.478 e. The van der Waals surface area contributed by atoms with E-state index in [2.05, 4.69) is 0 Å². The fourth-order valence-corrected chi connectivity index (χ4v) is 2.43. The molecule has 0 heterocycles. The van der Waals surface area contributed by atoms with Gasteiger partial charge in [-0.2, -0.15) is 0 Å². The van der Waals surface area contributed by atoms with Gasteiger partial charge in [0.2, 0.25) is 0 Å². The van der Waals surface area contributed by atoms with Crippen LogP contribution in [0, 0.1) is 13.8 Å². The molecule has 1 unspecified atom stereocenters. The molecule has 3 N–H and O–H groups in total.